The fourth-order valence-electron chi connectivity index (χ4n) is 3.28. The van der Waals surface area contributed by atoms with Crippen LogP contribution in [0.4, 0.5) is 11.8 Å². The second-order valence-corrected chi connectivity index (χ2v) is 7.14. The normalized spacial score (nSPS) is 19.4. The van der Waals surface area contributed by atoms with Crippen LogP contribution < -0.4 is 16.4 Å². The summed E-state index contributed by atoms with van der Waals surface area (Å²) < 4.78 is 0. The van der Waals surface area contributed by atoms with E-state index < -0.39 is 0 Å². The molecule has 2 atom stereocenters. The number of amides is 1. The van der Waals surface area contributed by atoms with E-state index in [4.69, 9.17) is 5.73 Å². The van der Waals surface area contributed by atoms with Crippen molar-refractivity contribution in [3.8, 4) is 0 Å². The number of carbonyl (C=O) groups excluding carboxylic acids is 1. The van der Waals surface area contributed by atoms with E-state index in [2.05, 4.69) is 32.2 Å². The first-order valence-corrected chi connectivity index (χ1v) is 9.09. The van der Waals surface area contributed by atoms with E-state index in [1.165, 1.54) is 0 Å². The van der Waals surface area contributed by atoms with Crippen LogP contribution in [0, 0.1) is 5.92 Å². The minimum absolute atomic E-state index is 0. The van der Waals surface area contributed by atoms with Gasteiger partial charge >= 0.3 is 0 Å². The molecule has 146 valence electrons. The number of hydrogen-bond donors (Lipinski definition) is 3. The highest BCUT2D eigenvalue weighted by Gasteiger charge is 2.26. The SMILES string of the molecule is C=Cc1cc2cnc(NC(=O)[C@H]3CCC[C@@H](N)C3)nc2c(NC(C)C)n1.Cl. The molecule has 27 heavy (non-hydrogen) atoms. The number of aromatic nitrogens is 3. The monoisotopic (exact) mass is 390 g/mol. The maximum absolute atomic E-state index is 12.5. The van der Waals surface area contributed by atoms with Gasteiger partial charge in [0.05, 0.1) is 5.69 Å². The largest absolute Gasteiger partial charge is 0.366 e. The summed E-state index contributed by atoms with van der Waals surface area (Å²) in [6.45, 7) is 7.84. The molecule has 1 amide bonds. The molecule has 2 heterocycles. The predicted molar refractivity (Wildman–Crippen MR) is 112 cm³/mol. The highest BCUT2D eigenvalue weighted by Crippen LogP contribution is 2.25. The van der Waals surface area contributed by atoms with E-state index in [1.54, 1.807) is 12.3 Å². The van der Waals surface area contributed by atoms with Gasteiger partial charge in [-0.2, -0.15) is 0 Å². The van der Waals surface area contributed by atoms with Crippen LogP contribution in [0.2, 0.25) is 0 Å². The Labute approximate surface area is 165 Å². The summed E-state index contributed by atoms with van der Waals surface area (Å²) in [5.41, 5.74) is 7.41. The molecule has 4 N–H and O–H groups in total. The van der Waals surface area contributed by atoms with Crippen LogP contribution in [0.3, 0.4) is 0 Å². The summed E-state index contributed by atoms with van der Waals surface area (Å²) in [6, 6.07) is 2.17. The number of halogens is 1. The Bertz CT molecular complexity index is 825. The average Bonchev–Trinajstić information content (AvgIpc) is 2.61. The number of pyridine rings is 1. The number of carbonyl (C=O) groups is 1. The number of nitrogens with two attached hydrogens (primary N) is 1. The van der Waals surface area contributed by atoms with E-state index in [9.17, 15) is 4.79 Å². The molecule has 1 saturated carbocycles. The molecular weight excluding hydrogens is 364 g/mol. The van der Waals surface area contributed by atoms with Crippen molar-refractivity contribution in [3.05, 3.63) is 24.5 Å². The van der Waals surface area contributed by atoms with Gasteiger partial charge in [0.2, 0.25) is 11.9 Å². The predicted octanol–water partition coefficient (Wildman–Crippen LogP) is 3.37. The van der Waals surface area contributed by atoms with Gasteiger partial charge in [0.15, 0.2) is 5.82 Å². The van der Waals surface area contributed by atoms with Gasteiger partial charge in [-0.15, -0.1) is 12.4 Å². The molecular formula is C19H27ClN6O. The van der Waals surface area contributed by atoms with Crippen molar-refractivity contribution in [3.63, 3.8) is 0 Å². The van der Waals surface area contributed by atoms with Gasteiger partial charge in [-0.05, 0) is 45.3 Å². The zero-order valence-corrected chi connectivity index (χ0v) is 16.6. The van der Waals surface area contributed by atoms with Crippen LogP contribution in [0.25, 0.3) is 17.0 Å². The molecule has 0 bridgehead atoms. The van der Waals surface area contributed by atoms with E-state index in [0.717, 1.165) is 30.3 Å². The molecule has 0 saturated heterocycles. The van der Waals surface area contributed by atoms with Crippen LogP contribution in [-0.2, 0) is 4.79 Å². The van der Waals surface area contributed by atoms with Gasteiger partial charge in [0.25, 0.3) is 0 Å². The molecule has 2 aromatic heterocycles. The number of anilines is 2. The topological polar surface area (TPSA) is 106 Å². The molecule has 0 radical (unpaired) electrons. The average molecular weight is 391 g/mol. The van der Waals surface area contributed by atoms with Crippen molar-refractivity contribution in [1.82, 2.24) is 15.0 Å². The lowest BCUT2D eigenvalue weighted by atomic mass is 9.85. The molecule has 1 fully saturated rings. The molecule has 0 unspecified atom stereocenters. The van der Waals surface area contributed by atoms with Gasteiger partial charge in [0.1, 0.15) is 5.52 Å². The molecule has 1 aliphatic carbocycles. The van der Waals surface area contributed by atoms with Crippen LogP contribution in [0.1, 0.15) is 45.2 Å². The standard InChI is InChI=1S/C19H26N6O.ClH/c1-4-15-9-13-10-21-19(24-16(13)17(23-15)22-11(2)3)25-18(26)12-6-5-7-14(20)8-12;/h4,9-12,14H,1,5-8,20H2,2-3H3,(H,22,23)(H,21,24,25,26);1H/t12-,14+;/m0./s1. The summed E-state index contributed by atoms with van der Waals surface area (Å²) in [4.78, 5) is 25.9. The number of nitrogens with one attached hydrogen (secondary N) is 2. The lowest BCUT2D eigenvalue weighted by molar-refractivity contribution is -0.120. The fraction of sp³-hybridized carbons (Fsp3) is 0.474. The lowest BCUT2D eigenvalue weighted by Gasteiger charge is -2.25. The van der Waals surface area contributed by atoms with Gasteiger partial charge < -0.3 is 11.1 Å². The summed E-state index contributed by atoms with van der Waals surface area (Å²) >= 11 is 0. The van der Waals surface area contributed by atoms with E-state index in [-0.39, 0.29) is 36.3 Å². The molecule has 7 nitrogen and oxygen atoms in total. The van der Waals surface area contributed by atoms with Crippen LogP contribution in [0.15, 0.2) is 18.8 Å². The second-order valence-electron chi connectivity index (χ2n) is 7.14. The number of hydrogen-bond acceptors (Lipinski definition) is 6. The van der Waals surface area contributed by atoms with E-state index in [0.29, 0.717) is 23.7 Å². The van der Waals surface area contributed by atoms with E-state index >= 15 is 0 Å². The Morgan fingerprint density at radius 3 is 2.81 bits per heavy atom. The quantitative estimate of drug-likeness (QED) is 0.722. The number of nitrogens with zero attached hydrogens (tertiary/aromatic N) is 3. The van der Waals surface area contributed by atoms with Gasteiger partial charge in [-0.25, -0.2) is 15.0 Å². The molecule has 1 aliphatic rings. The second kappa shape index (κ2) is 9.10. The Balaban J connectivity index is 0.00000261. The number of fused-ring (bicyclic) bond motifs is 1. The summed E-state index contributed by atoms with van der Waals surface area (Å²) in [7, 11) is 0. The Kier molecular flexibility index (Phi) is 7.10. The number of rotatable bonds is 5. The van der Waals surface area contributed by atoms with E-state index in [1.807, 2.05) is 19.9 Å². The molecule has 0 aromatic carbocycles. The van der Waals surface area contributed by atoms with Crippen LogP contribution in [-0.4, -0.2) is 32.9 Å². The highest BCUT2D eigenvalue weighted by molar-refractivity contribution is 5.94. The first kappa shape index (κ1) is 21.1. The minimum Gasteiger partial charge on any atom is -0.366 e. The maximum atomic E-state index is 12.5. The molecule has 2 aromatic rings. The first-order valence-electron chi connectivity index (χ1n) is 9.09. The Morgan fingerprint density at radius 2 is 2.15 bits per heavy atom. The molecule has 0 aliphatic heterocycles. The lowest BCUT2D eigenvalue weighted by Crippen LogP contribution is -2.34. The third-order valence-electron chi connectivity index (χ3n) is 4.54. The summed E-state index contributed by atoms with van der Waals surface area (Å²) in [5.74, 6) is 0.813. The van der Waals surface area contributed by atoms with Crippen molar-refractivity contribution >= 4 is 47.1 Å². The summed E-state index contributed by atoms with van der Waals surface area (Å²) in [6.07, 6.45) is 6.92. The fourth-order valence-corrected chi connectivity index (χ4v) is 3.28. The zero-order chi connectivity index (χ0) is 18.7. The van der Waals surface area contributed by atoms with Gasteiger partial charge in [-0.1, -0.05) is 13.0 Å². The summed E-state index contributed by atoms with van der Waals surface area (Å²) in [5, 5.41) is 6.98. The van der Waals surface area contributed by atoms with Crippen molar-refractivity contribution in [2.75, 3.05) is 10.6 Å². The minimum atomic E-state index is -0.0763. The molecule has 8 heteroatoms. The Morgan fingerprint density at radius 1 is 1.37 bits per heavy atom. The highest BCUT2D eigenvalue weighted by atomic mass is 35.5. The van der Waals surface area contributed by atoms with Crippen LogP contribution in [0.5, 0.6) is 0 Å². The Hall–Kier alpha value is -2.25. The van der Waals surface area contributed by atoms with Crippen molar-refractivity contribution in [1.29, 1.82) is 0 Å². The van der Waals surface area contributed by atoms with Crippen LogP contribution >= 0.6 is 12.4 Å². The molecule has 0 spiro atoms. The van der Waals surface area contributed by atoms with Crippen molar-refractivity contribution in [2.24, 2.45) is 11.7 Å². The smallest absolute Gasteiger partial charge is 0.230 e. The first-order chi connectivity index (χ1) is 12.5. The third-order valence-corrected chi connectivity index (χ3v) is 4.54. The zero-order valence-electron chi connectivity index (χ0n) is 15.7. The van der Waals surface area contributed by atoms with Crippen molar-refractivity contribution in [2.45, 2.75) is 51.6 Å². The van der Waals surface area contributed by atoms with Crippen molar-refractivity contribution < 1.29 is 4.79 Å². The third kappa shape index (κ3) is 5.14. The van der Waals surface area contributed by atoms with Gasteiger partial charge in [0, 0.05) is 29.6 Å². The van der Waals surface area contributed by atoms with Gasteiger partial charge in [-0.3, -0.25) is 10.1 Å². The molecule has 3 rings (SSSR count). The maximum Gasteiger partial charge on any atom is 0.230 e.